The number of benzene rings is 1. The molecule has 6 heteroatoms. The largest absolute Gasteiger partial charge is 0.396 e. The summed E-state index contributed by atoms with van der Waals surface area (Å²) in [4.78, 5) is 15.0. The van der Waals surface area contributed by atoms with Crippen LogP contribution in [0, 0.1) is 0 Å². The van der Waals surface area contributed by atoms with Crippen molar-refractivity contribution in [2.24, 2.45) is 0 Å². The quantitative estimate of drug-likeness (QED) is 0.801. The highest BCUT2D eigenvalue weighted by Crippen LogP contribution is 2.26. The Hall–Kier alpha value is -2.18. The summed E-state index contributed by atoms with van der Waals surface area (Å²) in [7, 11) is 0. The van der Waals surface area contributed by atoms with Crippen LogP contribution >= 0.6 is 0 Å². The Bertz CT molecular complexity index is 778. The number of aliphatic hydroxyl groups excluding tert-OH is 1. The maximum absolute atomic E-state index is 12.8. The van der Waals surface area contributed by atoms with Crippen LogP contribution in [0.1, 0.15) is 52.1 Å². The SMILES string of the molecule is CC(C)(C)c1cc(NC(=O)CN2CCCCC2CCO)n(-c2ccccc2)n1. The van der Waals surface area contributed by atoms with E-state index < -0.39 is 0 Å². The molecule has 1 aliphatic heterocycles. The van der Waals surface area contributed by atoms with Gasteiger partial charge in [-0.05, 0) is 37.9 Å². The smallest absolute Gasteiger partial charge is 0.239 e. The van der Waals surface area contributed by atoms with Crippen molar-refractivity contribution in [3.63, 3.8) is 0 Å². The number of rotatable bonds is 6. The van der Waals surface area contributed by atoms with Crippen molar-refractivity contribution in [3.05, 3.63) is 42.1 Å². The lowest BCUT2D eigenvalue weighted by Crippen LogP contribution is -2.44. The minimum absolute atomic E-state index is 0.0395. The van der Waals surface area contributed by atoms with Gasteiger partial charge in [0.2, 0.25) is 5.91 Å². The van der Waals surface area contributed by atoms with E-state index in [1.807, 2.05) is 36.4 Å². The van der Waals surface area contributed by atoms with E-state index in [9.17, 15) is 9.90 Å². The first-order valence-electron chi connectivity index (χ1n) is 10.2. The number of likely N-dealkylation sites (tertiary alicyclic amines) is 1. The monoisotopic (exact) mass is 384 g/mol. The third-order valence-electron chi connectivity index (χ3n) is 5.30. The van der Waals surface area contributed by atoms with E-state index in [0.717, 1.165) is 37.2 Å². The molecular formula is C22H32N4O2. The van der Waals surface area contributed by atoms with Gasteiger partial charge in [0, 0.05) is 24.1 Å². The Balaban J connectivity index is 1.79. The Kier molecular flexibility index (Phi) is 6.52. The van der Waals surface area contributed by atoms with Gasteiger partial charge in [-0.2, -0.15) is 5.10 Å². The van der Waals surface area contributed by atoms with E-state index in [1.165, 1.54) is 6.42 Å². The molecule has 0 aliphatic carbocycles. The molecule has 2 heterocycles. The van der Waals surface area contributed by atoms with Crippen LogP contribution in [0.2, 0.25) is 0 Å². The van der Waals surface area contributed by atoms with E-state index in [-0.39, 0.29) is 24.0 Å². The number of hydrogen-bond donors (Lipinski definition) is 2. The molecule has 0 radical (unpaired) electrons. The van der Waals surface area contributed by atoms with Gasteiger partial charge in [0.05, 0.1) is 17.9 Å². The minimum Gasteiger partial charge on any atom is -0.396 e. The first kappa shape index (κ1) is 20.6. The summed E-state index contributed by atoms with van der Waals surface area (Å²) in [5.74, 6) is 0.652. The van der Waals surface area contributed by atoms with Gasteiger partial charge < -0.3 is 10.4 Å². The summed E-state index contributed by atoms with van der Waals surface area (Å²) in [5, 5.41) is 17.1. The Morgan fingerprint density at radius 2 is 2.00 bits per heavy atom. The van der Waals surface area contributed by atoms with Gasteiger partial charge in [-0.3, -0.25) is 9.69 Å². The number of para-hydroxylation sites is 1. The molecular weight excluding hydrogens is 352 g/mol. The molecule has 2 N–H and O–H groups in total. The van der Waals surface area contributed by atoms with Gasteiger partial charge in [0.1, 0.15) is 5.82 Å². The number of aliphatic hydroxyl groups is 1. The number of piperidine rings is 1. The molecule has 28 heavy (non-hydrogen) atoms. The van der Waals surface area contributed by atoms with Crippen LogP contribution < -0.4 is 5.32 Å². The van der Waals surface area contributed by atoms with E-state index >= 15 is 0 Å². The second-order valence-corrected chi connectivity index (χ2v) is 8.59. The number of amides is 1. The summed E-state index contributed by atoms with van der Waals surface area (Å²) < 4.78 is 1.81. The van der Waals surface area contributed by atoms with E-state index in [1.54, 1.807) is 4.68 Å². The molecule has 1 amide bonds. The van der Waals surface area contributed by atoms with Crippen LogP contribution in [0.15, 0.2) is 36.4 Å². The number of anilines is 1. The summed E-state index contributed by atoms with van der Waals surface area (Å²) >= 11 is 0. The molecule has 2 aromatic rings. The van der Waals surface area contributed by atoms with Gasteiger partial charge in [0.15, 0.2) is 0 Å². The van der Waals surface area contributed by atoms with Crippen molar-refractivity contribution in [1.82, 2.24) is 14.7 Å². The summed E-state index contributed by atoms with van der Waals surface area (Å²) in [6.07, 6.45) is 4.04. The molecule has 0 bridgehead atoms. The zero-order valence-electron chi connectivity index (χ0n) is 17.2. The van der Waals surface area contributed by atoms with Crippen molar-refractivity contribution in [2.75, 3.05) is 25.0 Å². The van der Waals surface area contributed by atoms with Gasteiger partial charge in [-0.25, -0.2) is 4.68 Å². The third-order valence-corrected chi connectivity index (χ3v) is 5.30. The van der Waals surface area contributed by atoms with Gasteiger partial charge >= 0.3 is 0 Å². The fourth-order valence-corrected chi connectivity index (χ4v) is 3.71. The van der Waals surface area contributed by atoms with Gasteiger partial charge in [-0.1, -0.05) is 45.4 Å². The molecule has 0 saturated carbocycles. The number of hydrogen-bond acceptors (Lipinski definition) is 4. The Labute approximate surface area is 167 Å². The second-order valence-electron chi connectivity index (χ2n) is 8.59. The van der Waals surface area contributed by atoms with E-state index in [4.69, 9.17) is 5.10 Å². The lowest BCUT2D eigenvalue weighted by molar-refractivity contribution is -0.118. The van der Waals surface area contributed by atoms with Crippen molar-refractivity contribution in [2.45, 2.75) is 57.9 Å². The molecule has 3 rings (SSSR count). The van der Waals surface area contributed by atoms with Crippen LogP contribution in [0.25, 0.3) is 5.69 Å². The summed E-state index contributed by atoms with van der Waals surface area (Å²) in [6.45, 7) is 7.76. The van der Waals surface area contributed by atoms with Crippen molar-refractivity contribution < 1.29 is 9.90 Å². The van der Waals surface area contributed by atoms with Crippen molar-refractivity contribution >= 4 is 11.7 Å². The molecule has 1 saturated heterocycles. The fraction of sp³-hybridized carbons (Fsp3) is 0.545. The molecule has 1 aliphatic rings. The molecule has 152 valence electrons. The minimum atomic E-state index is -0.113. The zero-order chi connectivity index (χ0) is 20.1. The topological polar surface area (TPSA) is 70.4 Å². The predicted octanol–water partition coefficient (Wildman–Crippen LogP) is 3.35. The standard InChI is InChI=1S/C22H32N4O2/c1-22(2,3)19-15-20(26(24-19)18-10-5-4-6-11-18)23-21(28)16-25-13-8-7-9-17(25)12-14-27/h4-6,10-11,15,17,27H,7-9,12-14,16H2,1-3H3,(H,23,28). The second kappa shape index (κ2) is 8.88. The average Bonchev–Trinajstić information content (AvgIpc) is 3.08. The first-order chi connectivity index (χ1) is 13.4. The number of nitrogens with one attached hydrogen (secondary N) is 1. The highest BCUT2D eigenvalue weighted by molar-refractivity contribution is 5.91. The van der Waals surface area contributed by atoms with Crippen LogP contribution in [0.3, 0.4) is 0 Å². The lowest BCUT2D eigenvalue weighted by Gasteiger charge is -2.34. The lowest BCUT2D eigenvalue weighted by atomic mass is 9.92. The van der Waals surface area contributed by atoms with Gasteiger partial charge in [0.25, 0.3) is 0 Å². The number of aromatic nitrogens is 2. The highest BCUT2D eigenvalue weighted by Gasteiger charge is 2.25. The number of carbonyl (C=O) groups excluding carboxylic acids is 1. The normalized spacial score (nSPS) is 18.2. The third kappa shape index (κ3) is 5.00. The average molecular weight is 385 g/mol. The molecule has 6 nitrogen and oxygen atoms in total. The van der Waals surface area contributed by atoms with Crippen LogP contribution in [-0.4, -0.2) is 51.4 Å². The number of carbonyl (C=O) groups is 1. The van der Waals surface area contributed by atoms with Gasteiger partial charge in [-0.15, -0.1) is 0 Å². The summed E-state index contributed by atoms with van der Waals surface area (Å²) in [6, 6.07) is 12.1. The predicted molar refractivity (Wildman–Crippen MR) is 112 cm³/mol. The van der Waals surface area contributed by atoms with Crippen molar-refractivity contribution in [3.8, 4) is 5.69 Å². The molecule has 1 unspecified atom stereocenters. The Morgan fingerprint density at radius 3 is 2.68 bits per heavy atom. The molecule has 1 fully saturated rings. The van der Waals surface area contributed by atoms with Crippen LogP contribution in [0.4, 0.5) is 5.82 Å². The van der Waals surface area contributed by atoms with Crippen LogP contribution in [0.5, 0.6) is 0 Å². The molecule has 1 aromatic heterocycles. The van der Waals surface area contributed by atoms with E-state index in [2.05, 4.69) is 31.0 Å². The number of nitrogens with zero attached hydrogens (tertiary/aromatic N) is 3. The Morgan fingerprint density at radius 1 is 1.25 bits per heavy atom. The zero-order valence-corrected chi connectivity index (χ0v) is 17.2. The van der Waals surface area contributed by atoms with E-state index in [0.29, 0.717) is 12.4 Å². The maximum atomic E-state index is 12.8. The molecule has 1 atom stereocenters. The fourth-order valence-electron chi connectivity index (χ4n) is 3.71. The highest BCUT2D eigenvalue weighted by atomic mass is 16.3. The molecule has 0 spiro atoms. The molecule has 1 aromatic carbocycles. The first-order valence-corrected chi connectivity index (χ1v) is 10.2. The maximum Gasteiger partial charge on any atom is 0.239 e. The summed E-state index contributed by atoms with van der Waals surface area (Å²) in [5.41, 5.74) is 1.74. The van der Waals surface area contributed by atoms with Crippen molar-refractivity contribution in [1.29, 1.82) is 0 Å². The van der Waals surface area contributed by atoms with Crippen LogP contribution in [-0.2, 0) is 10.2 Å².